The number of hydrogen-bond donors (Lipinski definition) is 2. The number of aryl methyl sites for hydroxylation is 3. The number of carbonyl (C=O) groups is 2. The fourth-order valence-corrected chi connectivity index (χ4v) is 4.39. The molecule has 0 spiro atoms. The summed E-state index contributed by atoms with van der Waals surface area (Å²) in [5.74, 6) is 2.01. The van der Waals surface area contributed by atoms with Crippen LogP contribution in [0, 0.1) is 20.8 Å². The summed E-state index contributed by atoms with van der Waals surface area (Å²) >= 11 is 1.54. The number of anilines is 2. The topological polar surface area (TPSA) is 76.7 Å². The van der Waals surface area contributed by atoms with Gasteiger partial charge in [-0.2, -0.15) is 0 Å². The van der Waals surface area contributed by atoms with Crippen molar-refractivity contribution in [2.45, 2.75) is 45.8 Å². The molecule has 6 nitrogen and oxygen atoms in total. The van der Waals surface area contributed by atoms with Crippen molar-refractivity contribution in [1.29, 1.82) is 0 Å². The molecule has 3 rings (SSSR count). The lowest BCUT2D eigenvalue weighted by atomic mass is 10.0. The molecule has 1 heterocycles. The van der Waals surface area contributed by atoms with Crippen molar-refractivity contribution in [3.8, 4) is 11.5 Å². The summed E-state index contributed by atoms with van der Waals surface area (Å²) in [5.41, 5.74) is 4.92. The van der Waals surface area contributed by atoms with Gasteiger partial charge in [-0.1, -0.05) is 17.7 Å². The molecule has 0 saturated carbocycles. The standard InChI is InChI=1S/C24H30N2O4S/c1-15-12-16(2)23(17(3)13-15)26-22(27)6-5-11-31-18(4)24(28)25-19-7-8-20-21(14-19)30-10-9-29-20/h7-8,12-14,18H,5-6,9-11H2,1-4H3,(H,25,28)(H,26,27)/t18-/m1/s1. The average Bonchev–Trinajstić information content (AvgIpc) is 2.73. The Labute approximate surface area is 188 Å². The first kappa shape index (κ1) is 23.0. The van der Waals surface area contributed by atoms with E-state index in [0.29, 0.717) is 43.2 Å². The van der Waals surface area contributed by atoms with Crippen LogP contribution < -0.4 is 20.1 Å². The monoisotopic (exact) mass is 442 g/mol. The van der Waals surface area contributed by atoms with Gasteiger partial charge in [0.1, 0.15) is 13.2 Å². The molecule has 0 aliphatic carbocycles. The molecule has 0 bridgehead atoms. The van der Waals surface area contributed by atoms with Gasteiger partial charge >= 0.3 is 0 Å². The zero-order chi connectivity index (χ0) is 22.4. The van der Waals surface area contributed by atoms with Crippen LogP contribution in [0.3, 0.4) is 0 Å². The number of thioether (sulfide) groups is 1. The predicted molar refractivity (Wildman–Crippen MR) is 126 cm³/mol. The van der Waals surface area contributed by atoms with Crippen molar-refractivity contribution in [2.75, 3.05) is 29.6 Å². The minimum Gasteiger partial charge on any atom is -0.486 e. The van der Waals surface area contributed by atoms with Crippen LogP contribution in [-0.4, -0.2) is 36.0 Å². The van der Waals surface area contributed by atoms with Crippen LogP contribution in [-0.2, 0) is 9.59 Å². The first-order valence-electron chi connectivity index (χ1n) is 10.5. The van der Waals surface area contributed by atoms with Gasteiger partial charge in [0.15, 0.2) is 11.5 Å². The number of hydrogen-bond acceptors (Lipinski definition) is 5. The summed E-state index contributed by atoms with van der Waals surface area (Å²) < 4.78 is 11.0. The van der Waals surface area contributed by atoms with E-state index < -0.39 is 0 Å². The molecule has 7 heteroatoms. The summed E-state index contributed by atoms with van der Waals surface area (Å²) in [6.45, 7) is 8.98. The van der Waals surface area contributed by atoms with E-state index in [9.17, 15) is 9.59 Å². The average molecular weight is 443 g/mol. The van der Waals surface area contributed by atoms with E-state index in [1.807, 2.05) is 33.8 Å². The number of benzene rings is 2. The van der Waals surface area contributed by atoms with E-state index in [4.69, 9.17) is 9.47 Å². The first-order valence-corrected chi connectivity index (χ1v) is 11.6. The Hall–Kier alpha value is -2.67. The second-order valence-electron chi connectivity index (χ2n) is 7.79. The molecule has 166 valence electrons. The molecular formula is C24H30N2O4S. The van der Waals surface area contributed by atoms with Crippen LogP contribution in [0.5, 0.6) is 11.5 Å². The first-order chi connectivity index (χ1) is 14.8. The maximum Gasteiger partial charge on any atom is 0.237 e. The van der Waals surface area contributed by atoms with Crippen LogP contribution in [0.25, 0.3) is 0 Å². The van der Waals surface area contributed by atoms with E-state index in [0.717, 1.165) is 22.6 Å². The van der Waals surface area contributed by atoms with E-state index in [-0.39, 0.29) is 17.1 Å². The Bertz CT molecular complexity index is 938. The SMILES string of the molecule is Cc1cc(C)c(NC(=O)CCCS[C@H](C)C(=O)Nc2ccc3c(c2)OCCO3)c(C)c1. The van der Waals surface area contributed by atoms with Gasteiger partial charge in [-0.25, -0.2) is 0 Å². The third kappa shape index (κ3) is 6.40. The minimum atomic E-state index is -0.224. The van der Waals surface area contributed by atoms with Gasteiger partial charge in [-0.05, 0) is 63.1 Å². The number of rotatable bonds is 8. The zero-order valence-corrected chi connectivity index (χ0v) is 19.4. The molecule has 2 aromatic rings. The van der Waals surface area contributed by atoms with Crippen LogP contribution in [0.2, 0.25) is 0 Å². The third-order valence-electron chi connectivity index (χ3n) is 5.04. The molecule has 2 N–H and O–H groups in total. The fourth-order valence-electron chi connectivity index (χ4n) is 3.51. The lowest BCUT2D eigenvalue weighted by molar-refractivity contribution is -0.116. The van der Waals surface area contributed by atoms with Gasteiger partial charge in [-0.15, -0.1) is 11.8 Å². The Balaban J connectivity index is 1.40. The maximum absolute atomic E-state index is 12.5. The molecule has 2 aromatic carbocycles. The molecule has 0 saturated heterocycles. The van der Waals surface area contributed by atoms with Crippen LogP contribution >= 0.6 is 11.8 Å². The summed E-state index contributed by atoms with van der Waals surface area (Å²) in [5, 5.41) is 5.72. The summed E-state index contributed by atoms with van der Waals surface area (Å²) in [4.78, 5) is 24.8. The van der Waals surface area contributed by atoms with Gasteiger partial charge in [0.25, 0.3) is 0 Å². The molecular weight excluding hydrogens is 412 g/mol. The van der Waals surface area contributed by atoms with Crippen molar-refractivity contribution in [1.82, 2.24) is 0 Å². The largest absolute Gasteiger partial charge is 0.486 e. The number of carbonyl (C=O) groups excluding carboxylic acids is 2. The summed E-state index contributed by atoms with van der Waals surface area (Å²) in [6, 6.07) is 9.53. The molecule has 0 unspecified atom stereocenters. The highest BCUT2D eigenvalue weighted by atomic mass is 32.2. The number of amides is 2. The molecule has 0 aromatic heterocycles. The number of ether oxygens (including phenoxy) is 2. The van der Waals surface area contributed by atoms with E-state index in [2.05, 4.69) is 22.8 Å². The highest BCUT2D eigenvalue weighted by molar-refractivity contribution is 8.00. The maximum atomic E-state index is 12.5. The molecule has 1 aliphatic heterocycles. The Morgan fingerprint density at radius 3 is 2.39 bits per heavy atom. The fraction of sp³-hybridized carbons (Fsp3) is 0.417. The molecule has 1 aliphatic rings. The smallest absolute Gasteiger partial charge is 0.237 e. The van der Waals surface area contributed by atoms with Crippen LogP contribution in [0.1, 0.15) is 36.5 Å². The highest BCUT2D eigenvalue weighted by Crippen LogP contribution is 2.32. The van der Waals surface area contributed by atoms with Crippen molar-refractivity contribution >= 4 is 35.0 Å². The second kappa shape index (κ2) is 10.6. The van der Waals surface area contributed by atoms with Crippen molar-refractivity contribution in [3.63, 3.8) is 0 Å². The van der Waals surface area contributed by atoms with Crippen LogP contribution in [0.15, 0.2) is 30.3 Å². The van der Waals surface area contributed by atoms with E-state index in [1.54, 1.807) is 23.9 Å². The van der Waals surface area contributed by atoms with Gasteiger partial charge in [0.05, 0.1) is 5.25 Å². The second-order valence-corrected chi connectivity index (χ2v) is 9.23. The lowest BCUT2D eigenvalue weighted by Crippen LogP contribution is -2.23. The van der Waals surface area contributed by atoms with Crippen molar-refractivity contribution in [3.05, 3.63) is 47.0 Å². The summed E-state index contributed by atoms with van der Waals surface area (Å²) in [6.07, 6.45) is 1.14. The number of nitrogens with one attached hydrogen (secondary N) is 2. The predicted octanol–water partition coefficient (Wildman–Crippen LogP) is 4.86. The quantitative estimate of drug-likeness (QED) is 0.571. The Morgan fingerprint density at radius 2 is 1.68 bits per heavy atom. The minimum absolute atomic E-state index is 0.00374. The van der Waals surface area contributed by atoms with E-state index >= 15 is 0 Å². The van der Waals surface area contributed by atoms with Crippen molar-refractivity contribution in [2.24, 2.45) is 0 Å². The van der Waals surface area contributed by atoms with Gasteiger partial charge in [0, 0.05) is 23.9 Å². The molecule has 2 amide bonds. The third-order valence-corrected chi connectivity index (χ3v) is 6.27. The molecule has 1 atom stereocenters. The Morgan fingerprint density at radius 1 is 1.00 bits per heavy atom. The molecule has 31 heavy (non-hydrogen) atoms. The summed E-state index contributed by atoms with van der Waals surface area (Å²) in [7, 11) is 0. The van der Waals surface area contributed by atoms with Gasteiger partial charge in [0.2, 0.25) is 11.8 Å². The van der Waals surface area contributed by atoms with Gasteiger partial charge in [-0.3, -0.25) is 9.59 Å². The highest BCUT2D eigenvalue weighted by Gasteiger charge is 2.17. The Kier molecular flexibility index (Phi) is 7.85. The molecule has 0 radical (unpaired) electrons. The van der Waals surface area contributed by atoms with Crippen LogP contribution in [0.4, 0.5) is 11.4 Å². The van der Waals surface area contributed by atoms with E-state index in [1.165, 1.54) is 5.56 Å². The normalized spacial score (nSPS) is 13.4. The van der Waals surface area contributed by atoms with Crippen molar-refractivity contribution < 1.29 is 19.1 Å². The van der Waals surface area contributed by atoms with Gasteiger partial charge < -0.3 is 20.1 Å². The molecule has 0 fully saturated rings. The number of fused-ring (bicyclic) bond motifs is 1. The zero-order valence-electron chi connectivity index (χ0n) is 18.5. The lowest BCUT2D eigenvalue weighted by Gasteiger charge is -2.19.